The zero-order valence-electron chi connectivity index (χ0n) is 15.4. The van der Waals surface area contributed by atoms with E-state index in [9.17, 15) is 21.6 Å². The van der Waals surface area contributed by atoms with Gasteiger partial charge in [-0.25, -0.2) is 30.7 Å². The summed E-state index contributed by atoms with van der Waals surface area (Å²) in [5.74, 6) is -5.40. The van der Waals surface area contributed by atoms with Crippen LogP contribution in [0.1, 0.15) is 11.1 Å². The maximum absolute atomic E-state index is 16.0. The first kappa shape index (κ1) is 21.1. The third-order valence-electron chi connectivity index (χ3n) is 4.61. The van der Waals surface area contributed by atoms with Crippen molar-refractivity contribution in [1.29, 1.82) is 0 Å². The smallest absolute Gasteiger partial charge is 0.241 e. The van der Waals surface area contributed by atoms with Crippen LogP contribution in [0.4, 0.5) is 17.6 Å². The van der Waals surface area contributed by atoms with Gasteiger partial charge >= 0.3 is 0 Å². The van der Waals surface area contributed by atoms with Gasteiger partial charge in [-0.1, -0.05) is 24.3 Å². The van der Waals surface area contributed by atoms with Gasteiger partial charge in [-0.3, -0.25) is 0 Å². The molecular weight excluding hydrogens is 410 g/mol. The molecular formula is C20H17F4NO3S. The summed E-state index contributed by atoms with van der Waals surface area (Å²) in [5.41, 5.74) is -3.30. The van der Waals surface area contributed by atoms with E-state index in [0.717, 1.165) is 6.07 Å². The second-order valence-electron chi connectivity index (χ2n) is 6.45. The fraction of sp³-hybridized carbons (Fsp3) is 0.200. The van der Waals surface area contributed by atoms with Crippen LogP contribution >= 0.6 is 0 Å². The van der Waals surface area contributed by atoms with Crippen molar-refractivity contribution in [3.8, 4) is 5.75 Å². The van der Waals surface area contributed by atoms with E-state index in [0.29, 0.717) is 17.4 Å². The fourth-order valence-electron chi connectivity index (χ4n) is 3.10. The number of halogens is 4. The van der Waals surface area contributed by atoms with E-state index < -0.39 is 44.8 Å². The van der Waals surface area contributed by atoms with Crippen molar-refractivity contribution in [1.82, 2.24) is 4.72 Å². The summed E-state index contributed by atoms with van der Waals surface area (Å²) >= 11 is 0. The molecule has 4 nitrogen and oxygen atoms in total. The molecule has 1 N–H and O–H groups in total. The minimum Gasteiger partial charge on any atom is -0.496 e. The molecule has 0 aliphatic heterocycles. The highest BCUT2D eigenvalue weighted by atomic mass is 32.2. The van der Waals surface area contributed by atoms with Gasteiger partial charge in [0, 0.05) is 0 Å². The average Bonchev–Trinajstić information content (AvgIpc) is 2.71. The third kappa shape index (κ3) is 3.67. The van der Waals surface area contributed by atoms with Gasteiger partial charge < -0.3 is 4.74 Å². The first-order chi connectivity index (χ1) is 13.6. The number of nitrogens with one attached hydrogen (secondary N) is 1. The molecule has 2 unspecified atom stereocenters. The third-order valence-corrected chi connectivity index (χ3v) is 6.07. The molecule has 3 rings (SSSR count). The number of sulfonamides is 1. The second kappa shape index (κ2) is 7.64. The van der Waals surface area contributed by atoms with Crippen molar-refractivity contribution in [3.63, 3.8) is 0 Å². The van der Waals surface area contributed by atoms with Gasteiger partial charge in [-0.2, -0.15) is 0 Å². The van der Waals surface area contributed by atoms with E-state index in [1.54, 1.807) is 13.0 Å². The molecule has 29 heavy (non-hydrogen) atoms. The second-order valence-corrected chi connectivity index (χ2v) is 8.16. The monoisotopic (exact) mass is 427 g/mol. The predicted octanol–water partition coefficient (Wildman–Crippen LogP) is 4.53. The molecule has 2 aromatic rings. The number of hydrogen-bond donors (Lipinski definition) is 1. The maximum atomic E-state index is 16.0. The number of ether oxygens (including phenoxy) is 1. The van der Waals surface area contributed by atoms with Crippen molar-refractivity contribution in [2.24, 2.45) is 0 Å². The Labute approximate surface area is 165 Å². The number of rotatable bonds is 5. The van der Waals surface area contributed by atoms with E-state index in [4.69, 9.17) is 4.74 Å². The van der Waals surface area contributed by atoms with Crippen molar-refractivity contribution in [3.05, 3.63) is 83.2 Å². The molecule has 0 saturated carbocycles. The van der Waals surface area contributed by atoms with Crippen LogP contribution in [0.2, 0.25) is 0 Å². The van der Waals surface area contributed by atoms with Crippen LogP contribution < -0.4 is 9.46 Å². The molecule has 2 atom stereocenters. The number of benzene rings is 2. The molecule has 0 fully saturated rings. The fourth-order valence-corrected chi connectivity index (χ4v) is 4.31. The molecule has 0 saturated heterocycles. The van der Waals surface area contributed by atoms with Gasteiger partial charge in [0.1, 0.15) is 5.75 Å². The summed E-state index contributed by atoms with van der Waals surface area (Å²) in [4.78, 5) is -0.238. The summed E-state index contributed by atoms with van der Waals surface area (Å²) in [6, 6.07) is 8.46. The summed E-state index contributed by atoms with van der Waals surface area (Å²) in [5, 5.41) is 0. The summed E-state index contributed by atoms with van der Waals surface area (Å²) in [7, 11) is -2.99. The van der Waals surface area contributed by atoms with Crippen molar-refractivity contribution >= 4 is 10.0 Å². The van der Waals surface area contributed by atoms with Crippen LogP contribution in [0.5, 0.6) is 5.75 Å². The van der Waals surface area contributed by atoms with Crippen LogP contribution in [-0.4, -0.2) is 21.6 Å². The lowest BCUT2D eigenvalue weighted by atomic mass is 9.83. The van der Waals surface area contributed by atoms with Crippen LogP contribution in [0, 0.1) is 6.92 Å². The normalized spacial score (nSPS) is 22.4. The van der Waals surface area contributed by atoms with Crippen LogP contribution in [-0.2, 0) is 15.7 Å². The molecule has 1 aliphatic rings. The van der Waals surface area contributed by atoms with Crippen molar-refractivity contribution < 1.29 is 30.7 Å². The molecule has 0 aromatic heterocycles. The molecule has 154 valence electrons. The molecule has 0 bridgehead atoms. The average molecular weight is 427 g/mol. The van der Waals surface area contributed by atoms with E-state index in [-0.39, 0.29) is 4.90 Å². The Morgan fingerprint density at radius 3 is 2.31 bits per heavy atom. The highest BCUT2D eigenvalue weighted by Gasteiger charge is 2.51. The highest BCUT2D eigenvalue weighted by Crippen LogP contribution is 2.47. The van der Waals surface area contributed by atoms with Gasteiger partial charge in [-0.05, 0) is 48.4 Å². The molecule has 1 aliphatic carbocycles. The van der Waals surface area contributed by atoms with Gasteiger partial charge in [0.05, 0.1) is 18.0 Å². The Balaban J connectivity index is 2.12. The number of aryl methyl sites for hydroxylation is 1. The van der Waals surface area contributed by atoms with E-state index in [1.165, 1.54) is 43.5 Å². The minimum atomic E-state index is -4.36. The van der Waals surface area contributed by atoms with Crippen LogP contribution in [0.3, 0.4) is 0 Å². The molecule has 2 aromatic carbocycles. The maximum Gasteiger partial charge on any atom is 0.241 e. The quantitative estimate of drug-likeness (QED) is 0.714. The topological polar surface area (TPSA) is 55.4 Å². The SMILES string of the molecule is COc1ccc(C2(F)C(F)=C(F)C(F)=CC2NS(=O)(=O)c2ccccc2)cc1C. The van der Waals surface area contributed by atoms with Crippen molar-refractivity contribution in [2.75, 3.05) is 7.11 Å². The zero-order chi connectivity index (χ0) is 21.4. The Bertz CT molecular complexity index is 1100. The van der Waals surface area contributed by atoms with Gasteiger partial charge in [-0.15, -0.1) is 0 Å². The first-order valence-corrected chi connectivity index (χ1v) is 9.94. The van der Waals surface area contributed by atoms with Gasteiger partial charge in [0.2, 0.25) is 15.7 Å². The molecule has 9 heteroatoms. The molecule has 0 amide bonds. The number of alkyl halides is 1. The van der Waals surface area contributed by atoms with Gasteiger partial charge in [0.15, 0.2) is 17.5 Å². The Morgan fingerprint density at radius 2 is 1.72 bits per heavy atom. The minimum absolute atomic E-state index is 0.238. The van der Waals surface area contributed by atoms with E-state index >= 15 is 4.39 Å². The largest absolute Gasteiger partial charge is 0.496 e. The van der Waals surface area contributed by atoms with Crippen molar-refractivity contribution in [2.45, 2.75) is 23.5 Å². The van der Waals surface area contributed by atoms with Crippen LogP contribution in [0.15, 0.2) is 77.0 Å². The lowest BCUT2D eigenvalue weighted by Crippen LogP contribution is -2.49. The summed E-state index contributed by atoms with van der Waals surface area (Å²) < 4.78 is 90.7. The first-order valence-electron chi connectivity index (χ1n) is 8.46. The summed E-state index contributed by atoms with van der Waals surface area (Å²) in [6.45, 7) is 1.55. The number of allylic oxidation sites excluding steroid dienone is 2. The highest BCUT2D eigenvalue weighted by molar-refractivity contribution is 7.89. The molecule has 0 radical (unpaired) electrons. The number of hydrogen-bond acceptors (Lipinski definition) is 3. The number of methoxy groups -OCH3 is 1. The molecule has 0 heterocycles. The molecule has 0 spiro atoms. The van der Waals surface area contributed by atoms with Crippen LogP contribution in [0.25, 0.3) is 0 Å². The van der Waals surface area contributed by atoms with E-state index in [1.807, 2.05) is 4.72 Å². The predicted molar refractivity (Wildman–Crippen MR) is 99.5 cm³/mol. The zero-order valence-corrected chi connectivity index (χ0v) is 16.2. The lowest BCUT2D eigenvalue weighted by Gasteiger charge is -2.34. The van der Waals surface area contributed by atoms with Gasteiger partial charge in [0.25, 0.3) is 0 Å². The Kier molecular flexibility index (Phi) is 5.55. The van der Waals surface area contributed by atoms with E-state index in [2.05, 4.69) is 0 Å². The standard InChI is InChI=1S/C20H17F4NO3S/c1-12-10-13(8-9-16(12)28-2)20(24)17(11-15(21)18(22)19(20)23)25-29(26,27)14-6-4-3-5-7-14/h3-11,17,25H,1-2H3. The lowest BCUT2D eigenvalue weighted by molar-refractivity contribution is 0.134. The Morgan fingerprint density at radius 1 is 1.07 bits per heavy atom. The summed E-state index contributed by atoms with van der Waals surface area (Å²) in [6.07, 6.45) is 0.373. The Hall–Kier alpha value is -2.65.